The highest BCUT2D eigenvalue weighted by atomic mass is 19.4. The summed E-state index contributed by atoms with van der Waals surface area (Å²) in [4.78, 5) is 12.4. The third-order valence-corrected chi connectivity index (χ3v) is 4.90. The quantitative estimate of drug-likeness (QED) is 0.728. The first kappa shape index (κ1) is 15.4. The molecule has 0 saturated heterocycles. The van der Waals surface area contributed by atoms with Gasteiger partial charge < -0.3 is 4.74 Å². The first-order valence-corrected chi connectivity index (χ1v) is 7.76. The van der Waals surface area contributed by atoms with E-state index in [1.165, 1.54) is 6.07 Å². The topological polar surface area (TPSA) is 26.3 Å². The van der Waals surface area contributed by atoms with Crippen molar-refractivity contribution in [3.8, 4) is 5.75 Å². The van der Waals surface area contributed by atoms with Crippen LogP contribution in [0.2, 0.25) is 0 Å². The van der Waals surface area contributed by atoms with E-state index in [0.717, 1.165) is 44.2 Å². The van der Waals surface area contributed by atoms with Crippen LogP contribution in [0.1, 0.15) is 61.4 Å². The third-order valence-electron chi connectivity index (χ3n) is 4.90. The number of Topliss-reactive ketones (excluding diaryl/α,β-unsaturated/α-hetero) is 1. The summed E-state index contributed by atoms with van der Waals surface area (Å²) in [5.41, 5.74) is -1.09. The molecule has 1 spiro atoms. The van der Waals surface area contributed by atoms with Crippen LogP contribution >= 0.6 is 0 Å². The molecule has 0 bridgehead atoms. The van der Waals surface area contributed by atoms with Gasteiger partial charge in [-0.05, 0) is 43.4 Å². The lowest BCUT2D eigenvalue weighted by molar-refractivity contribution is -0.137. The molecule has 0 radical (unpaired) electrons. The normalized spacial score (nSPS) is 28.4. The van der Waals surface area contributed by atoms with Crippen molar-refractivity contribution in [2.45, 2.75) is 57.2 Å². The summed E-state index contributed by atoms with van der Waals surface area (Å²) in [7, 11) is 0. The smallest absolute Gasteiger partial charge is 0.416 e. The lowest BCUT2D eigenvalue weighted by Gasteiger charge is -2.43. The zero-order valence-corrected chi connectivity index (χ0v) is 12.5. The van der Waals surface area contributed by atoms with Gasteiger partial charge in [0.1, 0.15) is 11.4 Å². The fraction of sp³-hybridized carbons (Fsp3) is 0.588. The average molecular weight is 312 g/mol. The molecule has 5 heteroatoms. The summed E-state index contributed by atoms with van der Waals surface area (Å²) in [6, 6.07) is 3.17. The molecule has 1 fully saturated rings. The molecule has 2 unspecified atom stereocenters. The molecule has 3 rings (SSSR count). The third kappa shape index (κ3) is 2.73. The van der Waals surface area contributed by atoms with Gasteiger partial charge in [-0.15, -0.1) is 0 Å². The van der Waals surface area contributed by atoms with E-state index in [2.05, 4.69) is 6.92 Å². The first-order chi connectivity index (χ1) is 10.3. The Morgan fingerprint density at radius 3 is 2.82 bits per heavy atom. The predicted molar refractivity (Wildman–Crippen MR) is 76.0 cm³/mol. The second-order valence-corrected chi connectivity index (χ2v) is 6.46. The van der Waals surface area contributed by atoms with Crippen LogP contribution in [0.15, 0.2) is 18.2 Å². The van der Waals surface area contributed by atoms with Gasteiger partial charge in [0.2, 0.25) is 0 Å². The lowest BCUT2D eigenvalue weighted by Crippen LogP contribution is -2.45. The van der Waals surface area contributed by atoms with E-state index in [1.807, 2.05) is 0 Å². The fourth-order valence-electron chi connectivity index (χ4n) is 3.72. The number of halogens is 3. The molecule has 1 saturated carbocycles. The van der Waals surface area contributed by atoms with Gasteiger partial charge in [0.05, 0.1) is 17.5 Å². The Labute approximate surface area is 127 Å². The number of ether oxygens (including phenoxy) is 1. The summed E-state index contributed by atoms with van der Waals surface area (Å²) in [6.45, 7) is 2.10. The first-order valence-electron chi connectivity index (χ1n) is 7.76. The lowest BCUT2D eigenvalue weighted by atomic mass is 9.73. The largest absolute Gasteiger partial charge is 0.486 e. The number of ketones is 1. The molecule has 1 aromatic rings. The van der Waals surface area contributed by atoms with Crippen LogP contribution in [0.5, 0.6) is 5.75 Å². The van der Waals surface area contributed by atoms with Crippen molar-refractivity contribution < 1.29 is 22.7 Å². The number of hydrogen-bond acceptors (Lipinski definition) is 2. The van der Waals surface area contributed by atoms with Gasteiger partial charge in [-0.3, -0.25) is 4.79 Å². The highest BCUT2D eigenvalue weighted by Gasteiger charge is 2.44. The zero-order valence-electron chi connectivity index (χ0n) is 12.5. The van der Waals surface area contributed by atoms with Gasteiger partial charge in [0, 0.05) is 0 Å². The van der Waals surface area contributed by atoms with Gasteiger partial charge >= 0.3 is 6.18 Å². The summed E-state index contributed by atoms with van der Waals surface area (Å²) in [6.07, 6.45) is 0.419. The van der Waals surface area contributed by atoms with Gasteiger partial charge in [-0.2, -0.15) is 13.2 Å². The van der Waals surface area contributed by atoms with E-state index in [1.54, 1.807) is 0 Å². The zero-order chi connectivity index (χ0) is 16.0. The fourth-order valence-corrected chi connectivity index (χ4v) is 3.72. The molecule has 2 aliphatic rings. The number of alkyl halides is 3. The number of carbonyl (C=O) groups excluding carboxylic acids is 1. The molecular formula is C17H19F3O2. The van der Waals surface area contributed by atoms with Crippen LogP contribution in [-0.2, 0) is 6.18 Å². The summed E-state index contributed by atoms with van der Waals surface area (Å²) >= 11 is 0. The molecule has 1 heterocycles. The van der Waals surface area contributed by atoms with Gasteiger partial charge in [0.25, 0.3) is 0 Å². The highest BCUT2D eigenvalue weighted by Crippen LogP contribution is 2.45. The number of fused-ring (bicyclic) bond motifs is 1. The number of hydrogen-bond donors (Lipinski definition) is 0. The Bertz CT molecular complexity index is 594. The molecule has 2 atom stereocenters. The van der Waals surface area contributed by atoms with Crippen LogP contribution < -0.4 is 4.74 Å². The molecule has 1 aliphatic carbocycles. The molecule has 1 aromatic carbocycles. The van der Waals surface area contributed by atoms with Crippen molar-refractivity contribution >= 4 is 5.78 Å². The van der Waals surface area contributed by atoms with E-state index in [-0.39, 0.29) is 23.5 Å². The van der Waals surface area contributed by atoms with Crippen molar-refractivity contribution in [3.63, 3.8) is 0 Å². The van der Waals surface area contributed by atoms with E-state index < -0.39 is 17.3 Å². The van der Waals surface area contributed by atoms with Crippen LogP contribution in [0.3, 0.4) is 0 Å². The molecule has 2 nitrogen and oxygen atoms in total. The van der Waals surface area contributed by atoms with Crippen molar-refractivity contribution in [1.82, 2.24) is 0 Å². The van der Waals surface area contributed by atoms with Crippen LogP contribution in [0.25, 0.3) is 0 Å². The molecule has 1 aliphatic heterocycles. The van der Waals surface area contributed by atoms with E-state index in [9.17, 15) is 18.0 Å². The predicted octanol–water partition coefficient (Wildman–Crippen LogP) is 5.01. The Kier molecular flexibility index (Phi) is 3.69. The van der Waals surface area contributed by atoms with Gasteiger partial charge in [0.15, 0.2) is 5.78 Å². The monoisotopic (exact) mass is 312 g/mol. The number of carbonyl (C=O) groups is 1. The van der Waals surface area contributed by atoms with Crippen molar-refractivity contribution in [2.75, 3.05) is 0 Å². The molecule has 0 aromatic heterocycles. The maximum Gasteiger partial charge on any atom is 0.416 e. The van der Waals surface area contributed by atoms with Crippen LogP contribution in [-0.4, -0.2) is 11.4 Å². The molecule has 0 N–H and O–H groups in total. The maximum absolute atomic E-state index is 12.9. The van der Waals surface area contributed by atoms with Crippen LogP contribution in [0, 0.1) is 5.92 Å². The minimum absolute atomic E-state index is 0.0998. The minimum atomic E-state index is -4.43. The second-order valence-electron chi connectivity index (χ2n) is 6.46. The summed E-state index contributed by atoms with van der Waals surface area (Å²) in [5, 5.41) is 0. The van der Waals surface area contributed by atoms with Crippen molar-refractivity contribution in [3.05, 3.63) is 29.3 Å². The summed E-state index contributed by atoms with van der Waals surface area (Å²) < 4.78 is 44.6. The van der Waals surface area contributed by atoms with Gasteiger partial charge in [-0.1, -0.05) is 19.8 Å². The Balaban J connectivity index is 1.95. The molecular weight excluding hydrogens is 293 g/mol. The maximum atomic E-state index is 12.9. The van der Waals surface area contributed by atoms with Crippen LogP contribution in [0.4, 0.5) is 13.2 Å². The van der Waals surface area contributed by atoms with E-state index in [4.69, 9.17) is 4.74 Å². The summed E-state index contributed by atoms with van der Waals surface area (Å²) in [5.74, 6) is 0.475. The number of benzene rings is 1. The average Bonchev–Trinajstić information content (AvgIpc) is 2.45. The number of rotatable bonds is 1. The molecule has 22 heavy (non-hydrogen) atoms. The Hall–Kier alpha value is -1.52. The standard InChI is InChI=1S/C17H19F3O2/c1-2-11-4-3-7-16(9-11)10-14(21)13-6-5-12(17(18,19)20)8-15(13)22-16/h5-6,8,11H,2-4,7,9-10H2,1H3. The molecule has 0 amide bonds. The second kappa shape index (κ2) is 5.28. The minimum Gasteiger partial charge on any atom is -0.486 e. The van der Waals surface area contributed by atoms with E-state index in [0.29, 0.717) is 5.92 Å². The Morgan fingerprint density at radius 1 is 1.36 bits per heavy atom. The highest BCUT2D eigenvalue weighted by molar-refractivity contribution is 6.00. The molecule has 120 valence electrons. The SMILES string of the molecule is CCC1CCCC2(CC(=O)c3ccc(C(F)(F)F)cc3O2)C1. The van der Waals surface area contributed by atoms with Gasteiger partial charge in [-0.25, -0.2) is 0 Å². The van der Waals surface area contributed by atoms with Crippen molar-refractivity contribution in [1.29, 1.82) is 0 Å². The van der Waals surface area contributed by atoms with Crippen molar-refractivity contribution in [2.24, 2.45) is 5.92 Å². The van der Waals surface area contributed by atoms with E-state index >= 15 is 0 Å². The Morgan fingerprint density at radius 2 is 2.14 bits per heavy atom.